The van der Waals surface area contributed by atoms with Crippen LogP contribution in [0, 0.1) is 20.2 Å². The van der Waals surface area contributed by atoms with E-state index in [1.807, 2.05) is 18.3 Å². The summed E-state index contributed by atoms with van der Waals surface area (Å²) in [6.45, 7) is 6.48. The van der Waals surface area contributed by atoms with Crippen molar-refractivity contribution in [2.75, 3.05) is 97.1 Å². The molecule has 0 saturated carbocycles. The van der Waals surface area contributed by atoms with Gasteiger partial charge in [0.25, 0.3) is 0 Å². The molecular formula is C34H61BrN12O4S3. The van der Waals surface area contributed by atoms with Gasteiger partial charge in [0.15, 0.2) is 12.4 Å². The fourth-order valence-corrected chi connectivity index (χ4v) is 5.84. The van der Waals surface area contributed by atoms with Gasteiger partial charge in [0.05, 0.1) is 22.0 Å². The van der Waals surface area contributed by atoms with Gasteiger partial charge in [-0.1, -0.05) is 7.43 Å². The van der Waals surface area contributed by atoms with Crippen molar-refractivity contribution in [3.63, 3.8) is 0 Å². The molecule has 3 aliphatic heterocycles. The van der Waals surface area contributed by atoms with Crippen LogP contribution in [0.25, 0.3) is 0 Å². The van der Waals surface area contributed by atoms with E-state index in [4.69, 9.17) is 5.73 Å². The lowest BCUT2D eigenvalue weighted by Crippen LogP contribution is -2.31. The summed E-state index contributed by atoms with van der Waals surface area (Å²) in [5.74, 6) is 0.349. The number of rotatable bonds is 7. The fraction of sp³-hybridized carbons (Fsp3) is 0.559. The van der Waals surface area contributed by atoms with E-state index in [9.17, 15) is 20.2 Å². The Hall–Kier alpha value is -2.98. The van der Waals surface area contributed by atoms with Crippen LogP contribution in [-0.4, -0.2) is 139 Å². The van der Waals surface area contributed by atoms with E-state index >= 15 is 0 Å². The Bertz CT molecular complexity index is 1470. The number of nitro groups is 2. The summed E-state index contributed by atoms with van der Waals surface area (Å²) in [5, 5.41) is 23.8. The van der Waals surface area contributed by atoms with Crippen molar-refractivity contribution < 1.29 is 9.85 Å². The van der Waals surface area contributed by atoms with Crippen molar-refractivity contribution >= 4 is 85.2 Å². The number of nitrogens with one attached hydrogen (secondary N) is 1. The molecular weight excluding hydrogens is 817 g/mol. The van der Waals surface area contributed by atoms with Gasteiger partial charge in [-0.15, -0.1) is 0 Å². The highest BCUT2D eigenvalue weighted by Crippen LogP contribution is 2.23. The third kappa shape index (κ3) is 17.7. The molecule has 0 aromatic carbocycles. The van der Waals surface area contributed by atoms with Crippen LogP contribution in [0.1, 0.15) is 26.7 Å². The number of halogens is 1. The number of aromatic nitrogens is 3. The number of hydrogen-bond donors (Lipinski definition) is 2. The van der Waals surface area contributed by atoms with Crippen LogP contribution in [0.2, 0.25) is 0 Å². The lowest BCUT2D eigenvalue weighted by Gasteiger charge is -2.21. The van der Waals surface area contributed by atoms with Gasteiger partial charge in [0.2, 0.25) is 0 Å². The Morgan fingerprint density at radius 1 is 0.704 bits per heavy atom. The van der Waals surface area contributed by atoms with Crippen LogP contribution in [0.15, 0.2) is 59.5 Å². The molecule has 0 aliphatic carbocycles. The first-order chi connectivity index (χ1) is 23.7. The van der Waals surface area contributed by atoms with Crippen molar-refractivity contribution in [2.45, 2.75) is 44.8 Å². The van der Waals surface area contributed by atoms with Crippen molar-refractivity contribution in [1.82, 2.24) is 35.0 Å². The zero-order chi connectivity index (χ0) is 36.8. The standard InChI is InChI=1S/C11H16N4O2.C11H18N4.C6H14N2.C5H3BrN2O2.CH4.3H2S/c1-13(2)10-5-6-14(8-10)9-3-4-11(12-7-9)15(16)17;1-14(2)10-5-6-15(8-10)9-3-4-11(12)13-7-9;1-8(2)6-3-4-7-5-6;6-4-1-2-5(7-3-4)8(9)10;;;;/h3-4,7,10H,5-6,8H2,1-2H3;3-4,7,10H,5-6,8H2,1-2H3,(H2,12,13);6-7H,3-5H2,1-2H3;1-3H;1H4;3*1H2/t2*10-;6-;;;;;/m000...../s1. The number of nitrogen functional groups attached to an aromatic ring is 1. The van der Waals surface area contributed by atoms with Gasteiger partial charge in [0, 0.05) is 63.0 Å². The molecule has 6 rings (SSSR count). The number of nitrogens with two attached hydrogens (primary N) is 1. The highest BCUT2D eigenvalue weighted by Gasteiger charge is 2.26. The van der Waals surface area contributed by atoms with E-state index in [0.29, 0.717) is 17.9 Å². The van der Waals surface area contributed by atoms with E-state index < -0.39 is 9.85 Å². The number of hydrogen-bond acceptors (Lipinski definition) is 14. The minimum atomic E-state index is -0.535. The summed E-state index contributed by atoms with van der Waals surface area (Å²) in [4.78, 5) is 42.3. The van der Waals surface area contributed by atoms with Gasteiger partial charge < -0.3 is 55.8 Å². The van der Waals surface area contributed by atoms with Gasteiger partial charge >= 0.3 is 11.6 Å². The summed E-state index contributed by atoms with van der Waals surface area (Å²) in [6, 6.07) is 12.0. The van der Waals surface area contributed by atoms with Crippen molar-refractivity contribution in [1.29, 1.82) is 0 Å². The average molecular weight is 878 g/mol. The third-order valence-corrected chi connectivity index (χ3v) is 9.34. The zero-order valence-corrected chi connectivity index (χ0v) is 35.9. The van der Waals surface area contributed by atoms with Crippen molar-refractivity contribution in [3.05, 3.63) is 79.7 Å². The number of likely N-dealkylation sites (N-methyl/N-ethyl adjacent to an activating group) is 3. The minimum absolute atomic E-state index is 0. The molecule has 3 atom stereocenters. The number of anilines is 3. The maximum atomic E-state index is 10.5. The molecule has 0 amide bonds. The predicted octanol–water partition coefficient (Wildman–Crippen LogP) is 4.57. The highest BCUT2D eigenvalue weighted by molar-refractivity contribution is 9.10. The van der Waals surface area contributed by atoms with Gasteiger partial charge in [-0.3, -0.25) is 0 Å². The van der Waals surface area contributed by atoms with Gasteiger partial charge in [-0.05, 0) is 128 Å². The number of pyridine rings is 3. The summed E-state index contributed by atoms with van der Waals surface area (Å²) < 4.78 is 0.734. The predicted molar refractivity (Wildman–Crippen MR) is 240 cm³/mol. The van der Waals surface area contributed by atoms with E-state index in [2.05, 4.69) is 103 Å². The second-order valence-corrected chi connectivity index (χ2v) is 13.9. The molecule has 3 saturated heterocycles. The van der Waals surface area contributed by atoms with Crippen LogP contribution in [0.3, 0.4) is 0 Å². The molecule has 306 valence electrons. The molecule has 20 heteroatoms. The van der Waals surface area contributed by atoms with Gasteiger partial charge in [0.1, 0.15) is 5.82 Å². The maximum absolute atomic E-state index is 10.5. The van der Waals surface area contributed by atoms with E-state index in [0.717, 1.165) is 48.8 Å². The Morgan fingerprint density at radius 2 is 1.15 bits per heavy atom. The normalized spacial score (nSPS) is 18.3. The Labute approximate surface area is 350 Å². The fourth-order valence-electron chi connectivity index (χ4n) is 5.61. The third-order valence-electron chi connectivity index (χ3n) is 8.87. The van der Waals surface area contributed by atoms with E-state index in [1.54, 1.807) is 18.3 Å². The number of nitrogens with zero attached hydrogens (tertiary/aromatic N) is 10. The first-order valence-corrected chi connectivity index (χ1v) is 17.3. The highest BCUT2D eigenvalue weighted by atomic mass is 79.9. The lowest BCUT2D eigenvalue weighted by atomic mass is 10.2. The van der Waals surface area contributed by atoms with Crippen LogP contribution in [0.5, 0.6) is 0 Å². The molecule has 3 aliphatic rings. The second-order valence-electron chi connectivity index (χ2n) is 13.0. The minimum Gasteiger partial charge on any atom is -0.384 e. The average Bonchev–Trinajstić information content (AvgIpc) is 3.89. The van der Waals surface area contributed by atoms with Crippen molar-refractivity contribution in [2.24, 2.45) is 0 Å². The molecule has 0 unspecified atom stereocenters. The zero-order valence-electron chi connectivity index (χ0n) is 31.4. The Kier molecular flexibility index (Phi) is 26.3. The largest absolute Gasteiger partial charge is 0.384 e. The second kappa shape index (κ2) is 26.8. The maximum Gasteiger partial charge on any atom is 0.363 e. The SMILES string of the molecule is C.CN(C)[C@H]1CCN(c2ccc(N)nc2)C1.CN(C)[C@H]1CCN(c2ccc([N+](=O)[O-])nc2)C1.CN(C)[C@H]1CCNC1.O=[N+]([O-])c1ccc(Br)cn1.S.S.S. The molecule has 16 nitrogen and oxygen atoms in total. The van der Waals surface area contributed by atoms with E-state index in [-0.39, 0.29) is 59.5 Å². The summed E-state index contributed by atoms with van der Waals surface area (Å²) >= 11 is 3.11. The molecule has 3 fully saturated rings. The van der Waals surface area contributed by atoms with Gasteiger partial charge in [-0.25, -0.2) is 4.98 Å². The van der Waals surface area contributed by atoms with Crippen molar-refractivity contribution in [3.8, 4) is 0 Å². The summed E-state index contributed by atoms with van der Waals surface area (Å²) in [7, 11) is 12.7. The smallest absolute Gasteiger partial charge is 0.363 e. The monoisotopic (exact) mass is 876 g/mol. The van der Waals surface area contributed by atoms with Gasteiger partial charge in [-0.2, -0.15) is 40.5 Å². The van der Waals surface area contributed by atoms with E-state index in [1.165, 1.54) is 49.9 Å². The Morgan fingerprint density at radius 3 is 1.44 bits per heavy atom. The molecule has 0 bridgehead atoms. The van der Waals surface area contributed by atoms with Crippen LogP contribution in [-0.2, 0) is 0 Å². The quantitative estimate of drug-likeness (QED) is 0.249. The first-order valence-electron chi connectivity index (χ1n) is 16.5. The lowest BCUT2D eigenvalue weighted by molar-refractivity contribution is -0.389. The molecule has 3 aromatic rings. The molecule has 0 radical (unpaired) electrons. The summed E-state index contributed by atoms with van der Waals surface area (Å²) in [6.07, 6.45) is 8.47. The van der Waals surface area contributed by atoms with Crippen LogP contribution < -0.4 is 20.9 Å². The van der Waals surface area contributed by atoms with Crippen LogP contribution >= 0.6 is 56.4 Å². The molecule has 3 aromatic heterocycles. The molecule has 6 heterocycles. The first kappa shape index (κ1) is 53.1. The molecule has 3 N–H and O–H groups in total. The Balaban J connectivity index is 0. The molecule has 0 spiro atoms. The summed E-state index contributed by atoms with van der Waals surface area (Å²) in [5.41, 5.74) is 7.70. The van der Waals surface area contributed by atoms with Crippen LogP contribution in [0.4, 0.5) is 28.8 Å². The topological polar surface area (TPSA) is 179 Å². The molecule has 54 heavy (non-hydrogen) atoms.